The van der Waals surface area contributed by atoms with E-state index in [0.29, 0.717) is 23.9 Å². The molecule has 1 unspecified atom stereocenters. The molecule has 1 aromatic heterocycles. The highest BCUT2D eigenvalue weighted by molar-refractivity contribution is 7.11. The Kier molecular flexibility index (Phi) is 5.79. The lowest BCUT2D eigenvalue weighted by atomic mass is 10.3. The summed E-state index contributed by atoms with van der Waals surface area (Å²) >= 11 is 7.44. The lowest BCUT2D eigenvalue weighted by molar-refractivity contribution is 0.106. The first-order valence-electron chi connectivity index (χ1n) is 6.32. The summed E-state index contributed by atoms with van der Waals surface area (Å²) in [4.78, 5) is 5.34. The molecule has 0 aliphatic carbocycles. The monoisotopic (exact) mass is 312 g/mol. The minimum atomic E-state index is -0.556. The lowest BCUT2D eigenvalue weighted by Crippen LogP contribution is -2.30. The third kappa shape index (κ3) is 5.09. The summed E-state index contributed by atoms with van der Waals surface area (Å²) in [5, 5.41) is 14.7. The van der Waals surface area contributed by atoms with Gasteiger partial charge in [-0.25, -0.2) is 4.98 Å². The fourth-order valence-electron chi connectivity index (χ4n) is 1.63. The molecule has 1 heterocycles. The molecule has 108 valence electrons. The van der Waals surface area contributed by atoms with Crippen molar-refractivity contribution in [3.8, 4) is 5.75 Å². The van der Waals surface area contributed by atoms with Gasteiger partial charge in [-0.3, -0.25) is 0 Å². The van der Waals surface area contributed by atoms with Crippen LogP contribution in [0.25, 0.3) is 0 Å². The Balaban J connectivity index is 1.65. The molecule has 0 aliphatic rings. The van der Waals surface area contributed by atoms with E-state index in [9.17, 15) is 5.11 Å². The molecule has 2 N–H and O–H groups in total. The molecule has 0 aliphatic heterocycles. The Labute approximate surface area is 127 Å². The van der Waals surface area contributed by atoms with Crippen LogP contribution in [0.2, 0.25) is 5.02 Å². The second-order valence-corrected chi connectivity index (χ2v) is 6.15. The topological polar surface area (TPSA) is 54.4 Å². The van der Waals surface area contributed by atoms with E-state index in [-0.39, 0.29) is 6.61 Å². The standard InChI is InChI=1S/C14H17ClN2O2S/c1-10-17-8-14(20-10)7-16-6-12(18)9-19-13-4-2-11(15)3-5-13/h2-5,8,12,16,18H,6-7,9H2,1H3. The molecule has 0 amide bonds. The summed E-state index contributed by atoms with van der Waals surface area (Å²) < 4.78 is 5.47. The largest absolute Gasteiger partial charge is 0.491 e. The van der Waals surface area contributed by atoms with Crippen LogP contribution in [-0.2, 0) is 6.54 Å². The molecule has 2 rings (SSSR count). The molecule has 1 aromatic carbocycles. The number of benzene rings is 1. The highest BCUT2D eigenvalue weighted by atomic mass is 35.5. The maximum atomic E-state index is 9.82. The van der Waals surface area contributed by atoms with Crippen molar-refractivity contribution in [1.29, 1.82) is 0 Å². The first kappa shape index (κ1) is 15.3. The summed E-state index contributed by atoms with van der Waals surface area (Å²) in [6.45, 7) is 3.41. The number of thiazole rings is 1. The molecule has 0 fully saturated rings. The number of aliphatic hydroxyl groups excluding tert-OH is 1. The number of ether oxygens (including phenoxy) is 1. The highest BCUT2D eigenvalue weighted by Crippen LogP contribution is 2.15. The van der Waals surface area contributed by atoms with Crippen LogP contribution < -0.4 is 10.1 Å². The number of aromatic nitrogens is 1. The molecule has 0 bridgehead atoms. The van der Waals surface area contributed by atoms with Crippen molar-refractivity contribution in [2.45, 2.75) is 19.6 Å². The van der Waals surface area contributed by atoms with Crippen molar-refractivity contribution in [2.24, 2.45) is 0 Å². The van der Waals surface area contributed by atoms with Gasteiger partial charge in [0.2, 0.25) is 0 Å². The Morgan fingerprint density at radius 2 is 2.15 bits per heavy atom. The zero-order chi connectivity index (χ0) is 14.4. The predicted octanol–water partition coefficient (Wildman–Crippen LogP) is 2.63. The summed E-state index contributed by atoms with van der Waals surface area (Å²) in [7, 11) is 0. The van der Waals surface area contributed by atoms with Crippen LogP contribution in [0.4, 0.5) is 0 Å². The van der Waals surface area contributed by atoms with Crippen molar-refractivity contribution in [1.82, 2.24) is 10.3 Å². The van der Waals surface area contributed by atoms with E-state index in [2.05, 4.69) is 10.3 Å². The van der Waals surface area contributed by atoms with Gasteiger partial charge in [0, 0.05) is 29.2 Å². The lowest BCUT2D eigenvalue weighted by Gasteiger charge is -2.12. The van der Waals surface area contributed by atoms with Crippen LogP contribution in [0.5, 0.6) is 5.75 Å². The molecule has 6 heteroatoms. The number of aliphatic hydroxyl groups is 1. The Morgan fingerprint density at radius 3 is 2.80 bits per heavy atom. The van der Waals surface area contributed by atoms with Crippen molar-refractivity contribution in [3.05, 3.63) is 45.4 Å². The van der Waals surface area contributed by atoms with Gasteiger partial charge in [0.1, 0.15) is 18.5 Å². The second-order valence-electron chi connectivity index (χ2n) is 4.40. The first-order valence-corrected chi connectivity index (χ1v) is 7.51. The highest BCUT2D eigenvalue weighted by Gasteiger charge is 2.06. The van der Waals surface area contributed by atoms with Gasteiger partial charge >= 0.3 is 0 Å². The average molecular weight is 313 g/mol. The minimum absolute atomic E-state index is 0.246. The number of halogens is 1. The zero-order valence-corrected chi connectivity index (χ0v) is 12.7. The average Bonchev–Trinajstić information content (AvgIpc) is 2.84. The van der Waals surface area contributed by atoms with E-state index >= 15 is 0 Å². The van der Waals surface area contributed by atoms with E-state index in [1.165, 1.54) is 0 Å². The Bertz CT molecular complexity index is 530. The van der Waals surface area contributed by atoms with Crippen molar-refractivity contribution < 1.29 is 9.84 Å². The van der Waals surface area contributed by atoms with Crippen LogP contribution in [0.15, 0.2) is 30.5 Å². The second kappa shape index (κ2) is 7.59. The van der Waals surface area contributed by atoms with E-state index in [0.717, 1.165) is 9.88 Å². The van der Waals surface area contributed by atoms with Gasteiger partial charge in [-0.1, -0.05) is 11.6 Å². The maximum absolute atomic E-state index is 9.82. The van der Waals surface area contributed by atoms with Gasteiger partial charge in [-0.2, -0.15) is 0 Å². The van der Waals surface area contributed by atoms with Crippen LogP contribution in [0, 0.1) is 6.92 Å². The molecule has 20 heavy (non-hydrogen) atoms. The molecule has 0 spiro atoms. The fourth-order valence-corrected chi connectivity index (χ4v) is 2.52. The van der Waals surface area contributed by atoms with E-state index in [1.807, 2.05) is 13.1 Å². The summed E-state index contributed by atoms with van der Waals surface area (Å²) in [6, 6.07) is 7.08. The number of rotatable bonds is 7. The number of nitrogens with one attached hydrogen (secondary N) is 1. The molecule has 0 saturated carbocycles. The Morgan fingerprint density at radius 1 is 1.40 bits per heavy atom. The quantitative estimate of drug-likeness (QED) is 0.825. The maximum Gasteiger partial charge on any atom is 0.119 e. The van der Waals surface area contributed by atoms with Crippen molar-refractivity contribution in [3.63, 3.8) is 0 Å². The zero-order valence-electron chi connectivity index (χ0n) is 11.2. The van der Waals surface area contributed by atoms with Crippen LogP contribution in [0.1, 0.15) is 9.88 Å². The normalized spacial score (nSPS) is 12.3. The molecule has 1 atom stereocenters. The molecule has 0 saturated heterocycles. The van der Waals surface area contributed by atoms with E-state index in [4.69, 9.17) is 16.3 Å². The number of nitrogens with zero attached hydrogens (tertiary/aromatic N) is 1. The molecular weight excluding hydrogens is 296 g/mol. The predicted molar refractivity (Wildman–Crippen MR) is 81.5 cm³/mol. The summed E-state index contributed by atoms with van der Waals surface area (Å²) in [5.74, 6) is 0.700. The smallest absolute Gasteiger partial charge is 0.119 e. The molecule has 0 radical (unpaired) electrons. The van der Waals surface area contributed by atoms with Gasteiger partial charge in [0.25, 0.3) is 0 Å². The number of aryl methyl sites for hydroxylation is 1. The van der Waals surface area contributed by atoms with E-state index < -0.39 is 6.10 Å². The van der Waals surface area contributed by atoms with Gasteiger partial charge in [-0.05, 0) is 31.2 Å². The molecule has 4 nitrogen and oxygen atoms in total. The summed E-state index contributed by atoms with van der Waals surface area (Å²) in [6.07, 6.45) is 1.29. The van der Waals surface area contributed by atoms with Gasteiger partial charge < -0.3 is 15.2 Å². The van der Waals surface area contributed by atoms with Crippen molar-refractivity contribution >= 4 is 22.9 Å². The third-order valence-electron chi connectivity index (χ3n) is 2.60. The van der Waals surface area contributed by atoms with Gasteiger partial charge in [0.15, 0.2) is 0 Å². The van der Waals surface area contributed by atoms with E-state index in [1.54, 1.807) is 35.6 Å². The Hall–Kier alpha value is -1.14. The fraction of sp³-hybridized carbons (Fsp3) is 0.357. The summed E-state index contributed by atoms with van der Waals surface area (Å²) in [5.41, 5.74) is 0. The van der Waals surface area contributed by atoms with Crippen LogP contribution in [-0.4, -0.2) is 29.3 Å². The van der Waals surface area contributed by atoms with Crippen molar-refractivity contribution in [2.75, 3.05) is 13.2 Å². The van der Waals surface area contributed by atoms with Crippen LogP contribution in [0.3, 0.4) is 0 Å². The van der Waals surface area contributed by atoms with Gasteiger partial charge in [0.05, 0.1) is 5.01 Å². The van der Waals surface area contributed by atoms with Crippen LogP contribution >= 0.6 is 22.9 Å². The first-order chi connectivity index (χ1) is 9.63. The minimum Gasteiger partial charge on any atom is -0.491 e. The number of hydrogen-bond donors (Lipinski definition) is 2. The van der Waals surface area contributed by atoms with Gasteiger partial charge in [-0.15, -0.1) is 11.3 Å². The SMILES string of the molecule is Cc1ncc(CNCC(O)COc2ccc(Cl)cc2)s1. The third-order valence-corrected chi connectivity index (χ3v) is 3.77. The molecule has 2 aromatic rings. The molecular formula is C14H17ClN2O2S. The number of hydrogen-bond acceptors (Lipinski definition) is 5.